The summed E-state index contributed by atoms with van der Waals surface area (Å²) in [5, 5.41) is 5.03. The molecule has 2 aromatic carbocycles. The highest BCUT2D eigenvalue weighted by atomic mass is 35.5. The van der Waals surface area contributed by atoms with Crippen LogP contribution in [0, 0.1) is 5.92 Å². The number of amides is 2. The van der Waals surface area contributed by atoms with Crippen molar-refractivity contribution in [1.82, 2.24) is 10.0 Å². The van der Waals surface area contributed by atoms with Crippen molar-refractivity contribution in [2.75, 3.05) is 18.0 Å². The van der Waals surface area contributed by atoms with Gasteiger partial charge < -0.3 is 0 Å². The van der Waals surface area contributed by atoms with Crippen LogP contribution >= 0.6 is 23.2 Å². The zero-order valence-corrected chi connectivity index (χ0v) is 16.8. The number of anilines is 1. The van der Waals surface area contributed by atoms with Crippen LogP contribution in [0.2, 0.25) is 10.0 Å². The van der Waals surface area contributed by atoms with Crippen LogP contribution < -0.4 is 4.90 Å². The van der Waals surface area contributed by atoms with Gasteiger partial charge in [0.1, 0.15) is 5.54 Å². The second-order valence-electron chi connectivity index (χ2n) is 7.70. The van der Waals surface area contributed by atoms with Gasteiger partial charge in [-0.25, -0.2) is 14.9 Å². The standard InChI is InChI=1S/C21H19Cl2N3O2/c1-21-17(18(13-6-3-2-4-7-13)24-10-5-11-25(21)24)19(27)26(20(21)28)14-8-9-15(22)16(23)12-14/h2-4,6-9,12,17-18H,5,10-11H2,1H3/t17-,18+,21-/m0/s1. The van der Waals surface area contributed by atoms with Crippen LogP contribution in [0.15, 0.2) is 48.5 Å². The Hall–Kier alpha value is -1.92. The maximum atomic E-state index is 13.6. The Kier molecular flexibility index (Phi) is 4.07. The summed E-state index contributed by atoms with van der Waals surface area (Å²) in [6, 6.07) is 14.7. The van der Waals surface area contributed by atoms with Crippen LogP contribution in [0.4, 0.5) is 5.69 Å². The molecule has 3 fully saturated rings. The molecule has 3 heterocycles. The Morgan fingerprint density at radius 3 is 2.46 bits per heavy atom. The molecule has 0 saturated carbocycles. The molecule has 0 aromatic heterocycles. The lowest BCUT2D eigenvalue weighted by molar-refractivity contribution is -0.131. The number of rotatable bonds is 2. The minimum atomic E-state index is -0.903. The third-order valence-electron chi connectivity index (χ3n) is 6.27. The van der Waals surface area contributed by atoms with Gasteiger partial charge in [0.05, 0.1) is 27.7 Å². The first-order valence-corrected chi connectivity index (χ1v) is 10.1. The maximum absolute atomic E-state index is 13.6. The summed E-state index contributed by atoms with van der Waals surface area (Å²) in [7, 11) is 0. The summed E-state index contributed by atoms with van der Waals surface area (Å²) >= 11 is 12.2. The second-order valence-corrected chi connectivity index (χ2v) is 8.51. The van der Waals surface area contributed by atoms with E-state index in [1.54, 1.807) is 18.2 Å². The Bertz CT molecular complexity index is 983. The summed E-state index contributed by atoms with van der Waals surface area (Å²) in [6.45, 7) is 3.51. The first-order chi connectivity index (χ1) is 13.4. The molecule has 3 atom stereocenters. The molecule has 0 bridgehead atoms. The van der Waals surface area contributed by atoms with Crippen molar-refractivity contribution in [3.05, 3.63) is 64.1 Å². The molecule has 0 unspecified atom stereocenters. The number of halogens is 2. The van der Waals surface area contributed by atoms with E-state index in [-0.39, 0.29) is 17.9 Å². The second kappa shape index (κ2) is 6.29. The van der Waals surface area contributed by atoms with Gasteiger partial charge in [0.15, 0.2) is 0 Å². The molecular weight excluding hydrogens is 397 g/mol. The largest absolute Gasteiger partial charge is 0.274 e. The van der Waals surface area contributed by atoms with E-state index in [2.05, 4.69) is 10.0 Å². The molecule has 2 amide bonds. The fraction of sp³-hybridized carbons (Fsp3) is 0.333. The molecule has 7 heteroatoms. The van der Waals surface area contributed by atoms with Crippen LogP contribution in [0.5, 0.6) is 0 Å². The topological polar surface area (TPSA) is 43.9 Å². The summed E-state index contributed by atoms with van der Waals surface area (Å²) in [6.07, 6.45) is 0.972. The van der Waals surface area contributed by atoms with Crippen LogP contribution in [-0.4, -0.2) is 40.5 Å². The minimum absolute atomic E-state index is 0.155. The first kappa shape index (κ1) is 18.1. The molecule has 0 aliphatic carbocycles. The van der Waals surface area contributed by atoms with Gasteiger partial charge >= 0.3 is 0 Å². The number of imide groups is 1. The quantitative estimate of drug-likeness (QED) is 0.697. The predicted molar refractivity (Wildman–Crippen MR) is 108 cm³/mol. The van der Waals surface area contributed by atoms with Crippen molar-refractivity contribution in [3.63, 3.8) is 0 Å². The molecule has 144 valence electrons. The van der Waals surface area contributed by atoms with E-state index in [0.717, 1.165) is 25.1 Å². The monoisotopic (exact) mass is 415 g/mol. The fourth-order valence-electron chi connectivity index (χ4n) is 5.03. The fourth-order valence-corrected chi connectivity index (χ4v) is 5.32. The van der Waals surface area contributed by atoms with E-state index < -0.39 is 11.5 Å². The lowest BCUT2D eigenvalue weighted by atomic mass is 9.81. The lowest BCUT2D eigenvalue weighted by Crippen LogP contribution is -2.52. The van der Waals surface area contributed by atoms with Gasteiger partial charge in [-0.15, -0.1) is 0 Å². The number of hydrazine groups is 1. The Morgan fingerprint density at radius 1 is 1.00 bits per heavy atom. The minimum Gasteiger partial charge on any atom is -0.274 e. The van der Waals surface area contributed by atoms with E-state index in [1.165, 1.54) is 4.90 Å². The van der Waals surface area contributed by atoms with E-state index >= 15 is 0 Å². The Balaban J connectivity index is 1.64. The molecule has 5 nitrogen and oxygen atoms in total. The van der Waals surface area contributed by atoms with Crippen molar-refractivity contribution in [1.29, 1.82) is 0 Å². The molecular formula is C21H19Cl2N3O2. The molecule has 5 rings (SSSR count). The van der Waals surface area contributed by atoms with Gasteiger partial charge in [-0.2, -0.15) is 0 Å². The lowest BCUT2D eigenvalue weighted by Gasteiger charge is -2.33. The number of carbonyl (C=O) groups is 2. The molecule has 0 spiro atoms. The van der Waals surface area contributed by atoms with Crippen molar-refractivity contribution in [2.45, 2.75) is 24.9 Å². The third kappa shape index (κ3) is 2.28. The SMILES string of the molecule is C[C@@]12C(=O)N(c3ccc(Cl)c(Cl)c3)C(=O)[C@@H]1[C@@H](c1ccccc1)N1CCCN12. The van der Waals surface area contributed by atoms with Gasteiger partial charge in [-0.1, -0.05) is 53.5 Å². The normalized spacial score (nSPS) is 30.2. The van der Waals surface area contributed by atoms with Crippen molar-refractivity contribution >= 4 is 40.7 Å². The van der Waals surface area contributed by atoms with Crippen molar-refractivity contribution in [2.24, 2.45) is 5.92 Å². The molecule has 3 aliphatic rings. The van der Waals surface area contributed by atoms with Gasteiger partial charge in [0, 0.05) is 13.1 Å². The van der Waals surface area contributed by atoms with E-state index in [4.69, 9.17) is 23.2 Å². The predicted octanol–water partition coefficient (Wildman–Crippen LogP) is 3.92. The van der Waals surface area contributed by atoms with Gasteiger partial charge in [-0.05, 0) is 37.1 Å². The highest BCUT2D eigenvalue weighted by Crippen LogP contribution is 2.54. The average Bonchev–Trinajstić information content (AvgIpc) is 3.31. The van der Waals surface area contributed by atoms with Crippen molar-refractivity contribution in [3.8, 4) is 0 Å². The van der Waals surface area contributed by atoms with Crippen LogP contribution in [0.3, 0.4) is 0 Å². The van der Waals surface area contributed by atoms with Crippen LogP contribution in [0.25, 0.3) is 0 Å². The molecule has 3 aliphatic heterocycles. The molecule has 3 saturated heterocycles. The maximum Gasteiger partial charge on any atom is 0.256 e. The van der Waals surface area contributed by atoms with Gasteiger partial charge in [0.2, 0.25) is 5.91 Å². The number of hydrogen-bond donors (Lipinski definition) is 0. The van der Waals surface area contributed by atoms with Crippen LogP contribution in [0.1, 0.15) is 24.9 Å². The molecule has 2 aromatic rings. The molecule has 0 N–H and O–H groups in total. The highest BCUT2D eigenvalue weighted by Gasteiger charge is 2.70. The van der Waals surface area contributed by atoms with Crippen molar-refractivity contribution < 1.29 is 9.59 Å². The van der Waals surface area contributed by atoms with Gasteiger partial charge in [-0.3, -0.25) is 9.59 Å². The number of benzene rings is 2. The smallest absolute Gasteiger partial charge is 0.256 e. The zero-order chi connectivity index (χ0) is 19.6. The first-order valence-electron chi connectivity index (χ1n) is 9.37. The number of nitrogens with zero attached hydrogens (tertiary/aromatic N) is 3. The van der Waals surface area contributed by atoms with E-state index in [1.807, 2.05) is 37.3 Å². The third-order valence-corrected chi connectivity index (χ3v) is 7.01. The summed E-state index contributed by atoms with van der Waals surface area (Å²) in [5.74, 6) is -0.863. The summed E-state index contributed by atoms with van der Waals surface area (Å²) < 4.78 is 0. The Labute approximate surface area is 173 Å². The Morgan fingerprint density at radius 2 is 1.75 bits per heavy atom. The number of carbonyl (C=O) groups excluding carboxylic acids is 2. The summed E-state index contributed by atoms with van der Waals surface area (Å²) in [4.78, 5) is 28.5. The molecule has 28 heavy (non-hydrogen) atoms. The molecule has 0 radical (unpaired) electrons. The van der Waals surface area contributed by atoms with E-state index in [0.29, 0.717) is 15.7 Å². The van der Waals surface area contributed by atoms with Gasteiger partial charge in [0.25, 0.3) is 5.91 Å². The highest BCUT2D eigenvalue weighted by molar-refractivity contribution is 6.42. The summed E-state index contributed by atoms with van der Waals surface area (Å²) in [5.41, 5.74) is 0.623. The van der Waals surface area contributed by atoms with Crippen LogP contribution in [-0.2, 0) is 9.59 Å². The number of fused-ring (bicyclic) bond motifs is 3. The zero-order valence-electron chi connectivity index (χ0n) is 15.3. The van der Waals surface area contributed by atoms with E-state index in [9.17, 15) is 9.59 Å². The average molecular weight is 416 g/mol. The number of hydrogen-bond acceptors (Lipinski definition) is 4.